The molecular weight excluding hydrogens is 234 g/mol. The Hall–Kier alpha value is -1.62. The number of hydrogen-bond donors (Lipinski definition) is 1. The number of ether oxygens (including phenoxy) is 1. The summed E-state index contributed by atoms with van der Waals surface area (Å²) in [5.74, 6) is 0.575. The minimum Gasteiger partial charge on any atom is -0.493 e. The van der Waals surface area contributed by atoms with Crippen molar-refractivity contribution in [1.82, 2.24) is 0 Å². The zero-order valence-corrected chi connectivity index (χ0v) is 10.6. The van der Waals surface area contributed by atoms with Crippen molar-refractivity contribution in [3.63, 3.8) is 0 Å². The van der Waals surface area contributed by atoms with Crippen LogP contribution in [0.3, 0.4) is 0 Å². The van der Waals surface area contributed by atoms with Crippen molar-refractivity contribution >= 4 is 5.69 Å². The van der Waals surface area contributed by atoms with Gasteiger partial charge in [0.25, 0.3) is 5.69 Å². The van der Waals surface area contributed by atoms with Gasteiger partial charge in [-0.3, -0.25) is 10.1 Å². The van der Waals surface area contributed by atoms with Gasteiger partial charge in [-0.2, -0.15) is 0 Å². The molecule has 0 heterocycles. The lowest BCUT2D eigenvalue weighted by molar-refractivity contribution is -0.385. The summed E-state index contributed by atoms with van der Waals surface area (Å²) >= 11 is 0. The summed E-state index contributed by atoms with van der Waals surface area (Å²) in [6.07, 6.45) is 3.68. The zero-order chi connectivity index (χ0) is 13.4. The summed E-state index contributed by atoms with van der Waals surface area (Å²) in [4.78, 5) is 10.3. The predicted molar refractivity (Wildman–Crippen MR) is 68.9 cm³/mol. The van der Waals surface area contributed by atoms with Gasteiger partial charge >= 0.3 is 0 Å². The number of nitro groups is 1. The van der Waals surface area contributed by atoms with Gasteiger partial charge in [0, 0.05) is 12.7 Å². The SMILES string of the molecule is Cc1c(OCCCCCCO)cccc1[N+](=O)[O-]. The van der Waals surface area contributed by atoms with Crippen LogP contribution in [0.4, 0.5) is 5.69 Å². The Bertz CT molecular complexity index is 393. The molecule has 1 rings (SSSR count). The third kappa shape index (κ3) is 4.33. The van der Waals surface area contributed by atoms with Crippen molar-refractivity contribution in [2.45, 2.75) is 32.6 Å². The van der Waals surface area contributed by atoms with Gasteiger partial charge in [0.05, 0.1) is 17.1 Å². The largest absolute Gasteiger partial charge is 0.493 e. The summed E-state index contributed by atoms with van der Waals surface area (Å²) in [6.45, 7) is 2.47. The van der Waals surface area contributed by atoms with Gasteiger partial charge in [0.1, 0.15) is 5.75 Å². The fourth-order valence-electron chi connectivity index (χ4n) is 1.71. The Morgan fingerprint density at radius 3 is 2.67 bits per heavy atom. The van der Waals surface area contributed by atoms with Crippen LogP contribution in [0.25, 0.3) is 0 Å². The Labute approximate surface area is 107 Å². The molecule has 0 spiro atoms. The molecule has 0 aliphatic rings. The monoisotopic (exact) mass is 253 g/mol. The first-order chi connectivity index (χ1) is 8.66. The summed E-state index contributed by atoms with van der Waals surface area (Å²) in [5.41, 5.74) is 0.658. The maximum absolute atomic E-state index is 10.7. The molecule has 0 bridgehead atoms. The number of unbranched alkanes of at least 4 members (excludes halogenated alkanes) is 3. The number of nitro benzene ring substituents is 1. The molecule has 0 saturated heterocycles. The van der Waals surface area contributed by atoms with E-state index < -0.39 is 4.92 Å². The zero-order valence-electron chi connectivity index (χ0n) is 10.6. The Morgan fingerprint density at radius 1 is 1.28 bits per heavy atom. The van der Waals surface area contributed by atoms with Crippen LogP contribution >= 0.6 is 0 Å². The minimum absolute atomic E-state index is 0.0905. The van der Waals surface area contributed by atoms with Crippen molar-refractivity contribution in [3.05, 3.63) is 33.9 Å². The van der Waals surface area contributed by atoms with E-state index in [0.29, 0.717) is 17.9 Å². The number of aliphatic hydroxyl groups is 1. The molecule has 0 aliphatic carbocycles. The average Bonchev–Trinajstić information content (AvgIpc) is 2.35. The van der Waals surface area contributed by atoms with Crippen LogP contribution in [0.1, 0.15) is 31.2 Å². The summed E-state index contributed by atoms with van der Waals surface area (Å²) in [5, 5.41) is 19.4. The van der Waals surface area contributed by atoms with Crippen LogP contribution in [-0.4, -0.2) is 23.2 Å². The molecule has 0 saturated carbocycles. The van der Waals surface area contributed by atoms with Crippen molar-refractivity contribution in [2.75, 3.05) is 13.2 Å². The fourth-order valence-corrected chi connectivity index (χ4v) is 1.71. The van der Waals surface area contributed by atoms with E-state index in [1.54, 1.807) is 19.1 Å². The lowest BCUT2D eigenvalue weighted by Crippen LogP contribution is -2.01. The van der Waals surface area contributed by atoms with Crippen LogP contribution in [-0.2, 0) is 0 Å². The molecule has 0 unspecified atom stereocenters. The molecule has 0 fully saturated rings. The Morgan fingerprint density at radius 2 is 2.00 bits per heavy atom. The molecule has 1 aromatic rings. The lowest BCUT2D eigenvalue weighted by atomic mass is 10.2. The van der Waals surface area contributed by atoms with Crippen LogP contribution in [0.15, 0.2) is 18.2 Å². The van der Waals surface area contributed by atoms with Crippen molar-refractivity contribution in [3.8, 4) is 5.75 Å². The van der Waals surface area contributed by atoms with E-state index in [1.165, 1.54) is 6.07 Å². The highest BCUT2D eigenvalue weighted by Crippen LogP contribution is 2.27. The molecular formula is C13H19NO4. The second-order valence-corrected chi connectivity index (χ2v) is 4.14. The molecule has 0 aromatic heterocycles. The van der Waals surface area contributed by atoms with Gasteiger partial charge in [-0.1, -0.05) is 12.5 Å². The van der Waals surface area contributed by atoms with Gasteiger partial charge in [-0.25, -0.2) is 0 Å². The first-order valence-electron chi connectivity index (χ1n) is 6.14. The van der Waals surface area contributed by atoms with E-state index in [-0.39, 0.29) is 12.3 Å². The highest BCUT2D eigenvalue weighted by atomic mass is 16.6. The van der Waals surface area contributed by atoms with Crippen molar-refractivity contribution in [2.24, 2.45) is 0 Å². The number of nitrogens with zero attached hydrogens (tertiary/aromatic N) is 1. The van der Waals surface area contributed by atoms with Crippen molar-refractivity contribution in [1.29, 1.82) is 0 Å². The van der Waals surface area contributed by atoms with Gasteiger partial charge in [-0.05, 0) is 32.3 Å². The molecule has 5 nitrogen and oxygen atoms in total. The molecule has 0 atom stereocenters. The first kappa shape index (κ1) is 14.4. The van der Waals surface area contributed by atoms with E-state index in [2.05, 4.69) is 0 Å². The van der Waals surface area contributed by atoms with Gasteiger partial charge in [-0.15, -0.1) is 0 Å². The molecule has 1 N–H and O–H groups in total. The molecule has 0 aliphatic heterocycles. The average molecular weight is 253 g/mol. The van der Waals surface area contributed by atoms with Crippen LogP contribution in [0, 0.1) is 17.0 Å². The standard InChI is InChI=1S/C13H19NO4/c1-11-12(14(16)17)7-6-8-13(11)18-10-5-3-2-4-9-15/h6-8,15H,2-5,9-10H2,1H3. The van der Waals surface area contributed by atoms with Gasteiger partial charge in [0.15, 0.2) is 0 Å². The number of hydrogen-bond acceptors (Lipinski definition) is 4. The molecule has 100 valence electrons. The second-order valence-electron chi connectivity index (χ2n) is 4.14. The van der Waals surface area contributed by atoms with E-state index >= 15 is 0 Å². The maximum atomic E-state index is 10.7. The van der Waals surface area contributed by atoms with Crippen LogP contribution in [0.2, 0.25) is 0 Å². The highest BCUT2D eigenvalue weighted by molar-refractivity contribution is 5.48. The molecule has 5 heteroatoms. The van der Waals surface area contributed by atoms with Gasteiger partial charge < -0.3 is 9.84 Å². The maximum Gasteiger partial charge on any atom is 0.276 e. The molecule has 18 heavy (non-hydrogen) atoms. The van der Waals surface area contributed by atoms with E-state index in [9.17, 15) is 10.1 Å². The summed E-state index contributed by atoms with van der Waals surface area (Å²) in [6, 6.07) is 4.85. The van der Waals surface area contributed by atoms with E-state index in [1.807, 2.05) is 0 Å². The van der Waals surface area contributed by atoms with E-state index in [4.69, 9.17) is 9.84 Å². The smallest absolute Gasteiger partial charge is 0.276 e. The van der Waals surface area contributed by atoms with Crippen LogP contribution in [0.5, 0.6) is 5.75 Å². The number of benzene rings is 1. The third-order valence-electron chi connectivity index (χ3n) is 2.76. The number of rotatable bonds is 8. The number of aliphatic hydroxyl groups excluding tert-OH is 1. The Balaban J connectivity index is 2.43. The second kappa shape index (κ2) is 7.66. The van der Waals surface area contributed by atoms with Crippen molar-refractivity contribution < 1.29 is 14.8 Å². The minimum atomic E-state index is -0.399. The highest BCUT2D eigenvalue weighted by Gasteiger charge is 2.13. The summed E-state index contributed by atoms with van der Waals surface area (Å²) < 4.78 is 5.54. The third-order valence-corrected chi connectivity index (χ3v) is 2.76. The Kier molecular flexibility index (Phi) is 6.14. The lowest BCUT2D eigenvalue weighted by Gasteiger charge is -2.08. The molecule has 0 radical (unpaired) electrons. The summed E-state index contributed by atoms with van der Waals surface area (Å²) in [7, 11) is 0. The normalized spacial score (nSPS) is 10.3. The predicted octanol–water partition coefficient (Wildman–Crippen LogP) is 2.83. The fraction of sp³-hybridized carbons (Fsp3) is 0.538. The van der Waals surface area contributed by atoms with Crippen LogP contribution < -0.4 is 4.74 Å². The topological polar surface area (TPSA) is 72.6 Å². The molecule has 0 amide bonds. The van der Waals surface area contributed by atoms with E-state index in [0.717, 1.165) is 25.7 Å². The molecule has 1 aromatic carbocycles. The van der Waals surface area contributed by atoms with Gasteiger partial charge in [0.2, 0.25) is 0 Å². The first-order valence-corrected chi connectivity index (χ1v) is 6.14. The quantitative estimate of drug-likeness (QED) is 0.439.